The second-order valence-corrected chi connectivity index (χ2v) is 11.4. The van der Waals surface area contributed by atoms with Gasteiger partial charge in [-0.25, -0.2) is 0 Å². The van der Waals surface area contributed by atoms with Gasteiger partial charge in [0.2, 0.25) is 0 Å². The van der Waals surface area contributed by atoms with E-state index < -0.39 is 11.7 Å². The highest BCUT2D eigenvalue weighted by atomic mass is 19.4. The van der Waals surface area contributed by atoms with Crippen molar-refractivity contribution < 1.29 is 23.1 Å². The lowest BCUT2D eigenvalue weighted by molar-refractivity contribution is -0.137. The number of benzene rings is 2. The lowest BCUT2D eigenvalue weighted by Crippen LogP contribution is -2.45. The van der Waals surface area contributed by atoms with E-state index in [1.54, 1.807) is 6.07 Å². The smallest absolute Gasteiger partial charge is 0.416 e. The van der Waals surface area contributed by atoms with Gasteiger partial charge in [0.1, 0.15) is 11.5 Å². The third kappa shape index (κ3) is 4.19. The Labute approximate surface area is 214 Å². The van der Waals surface area contributed by atoms with Gasteiger partial charge in [0.25, 0.3) is 0 Å². The van der Waals surface area contributed by atoms with Gasteiger partial charge in [-0.15, -0.1) is 5.53 Å². The number of hydrogen-bond donors (Lipinski definition) is 3. The number of Topliss-reactive ketones (excluding diaryl/α,β-unsaturated/α-hetero) is 1. The highest BCUT2D eigenvalue weighted by Gasteiger charge is 2.58. The molecule has 196 valence electrons. The summed E-state index contributed by atoms with van der Waals surface area (Å²) in [5.74, 6) is 2.26. The molecule has 2 saturated carbocycles. The molecule has 2 aromatic carbocycles. The maximum absolute atomic E-state index is 13.3. The molecular formula is C29H32F3N3O2. The molecule has 4 aliphatic rings. The number of hydrazine groups is 2. The average Bonchev–Trinajstić information content (AvgIpc) is 3.44. The Hall–Kier alpha value is -3.00. The van der Waals surface area contributed by atoms with Gasteiger partial charge in [-0.3, -0.25) is 9.80 Å². The van der Waals surface area contributed by atoms with Gasteiger partial charge in [-0.05, 0) is 91.2 Å². The van der Waals surface area contributed by atoms with Crippen LogP contribution in [0.25, 0.3) is 5.70 Å². The topological polar surface area (TPSA) is 64.6 Å². The summed E-state index contributed by atoms with van der Waals surface area (Å²) < 4.78 is 38.7. The van der Waals surface area contributed by atoms with Crippen molar-refractivity contribution in [3.8, 4) is 5.75 Å². The van der Waals surface area contributed by atoms with Gasteiger partial charge >= 0.3 is 6.18 Å². The van der Waals surface area contributed by atoms with Crippen molar-refractivity contribution in [3.63, 3.8) is 0 Å². The summed E-state index contributed by atoms with van der Waals surface area (Å²) in [6.07, 6.45) is 2.93. The van der Waals surface area contributed by atoms with Crippen molar-refractivity contribution in [1.29, 1.82) is 0 Å². The van der Waals surface area contributed by atoms with Gasteiger partial charge in [-0.1, -0.05) is 25.1 Å². The molecule has 37 heavy (non-hydrogen) atoms. The fourth-order valence-electron chi connectivity index (χ4n) is 7.66. The zero-order valence-corrected chi connectivity index (χ0v) is 20.8. The SMILES string of the molecule is C[C@]12CC[C@@H]3c4ccc(O)cc4CCC3[C@@H]1[C@H](CCN1C=C(c3ccc(C(F)(F)F)cc3)NN1)CC2=O. The predicted octanol–water partition coefficient (Wildman–Crippen LogP) is 5.78. The first-order valence-corrected chi connectivity index (χ1v) is 13.2. The lowest BCUT2D eigenvalue weighted by Gasteiger charge is -2.50. The van der Waals surface area contributed by atoms with Crippen LogP contribution in [0.2, 0.25) is 0 Å². The van der Waals surface area contributed by atoms with Gasteiger partial charge in [0.05, 0.1) is 11.3 Å². The van der Waals surface area contributed by atoms with E-state index in [2.05, 4.69) is 24.0 Å². The highest BCUT2D eigenvalue weighted by Crippen LogP contribution is 2.62. The maximum Gasteiger partial charge on any atom is 0.416 e. The first-order valence-electron chi connectivity index (χ1n) is 13.2. The van der Waals surface area contributed by atoms with E-state index in [0.717, 1.165) is 44.2 Å². The van der Waals surface area contributed by atoms with E-state index in [-0.39, 0.29) is 5.41 Å². The molecular weight excluding hydrogens is 479 g/mol. The molecule has 1 aliphatic heterocycles. The number of phenols is 1. The Balaban J connectivity index is 1.16. The molecule has 5 atom stereocenters. The fourth-order valence-corrected chi connectivity index (χ4v) is 7.66. The number of aromatic hydroxyl groups is 1. The molecule has 1 heterocycles. The molecule has 0 aromatic heterocycles. The van der Waals surface area contributed by atoms with Crippen molar-refractivity contribution in [1.82, 2.24) is 16.0 Å². The molecule has 8 heteroatoms. The summed E-state index contributed by atoms with van der Waals surface area (Å²) in [4.78, 5) is 13.3. The van der Waals surface area contributed by atoms with Crippen molar-refractivity contribution in [2.75, 3.05) is 6.54 Å². The van der Waals surface area contributed by atoms with Crippen LogP contribution in [-0.4, -0.2) is 22.4 Å². The Morgan fingerprint density at radius 2 is 1.92 bits per heavy atom. The Bertz CT molecular complexity index is 1240. The maximum atomic E-state index is 13.3. The molecule has 0 saturated heterocycles. The van der Waals surface area contributed by atoms with E-state index in [1.165, 1.54) is 23.3 Å². The number of aryl methyl sites for hydroxylation is 1. The zero-order valence-electron chi connectivity index (χ0n) is 20.8. The minimum Gasteiger partial charge on any atom is -0.508 e. The molecule has 6 rings (SSSR count). The molecule has 5 nitrogen and oxygen atoms in total. The second kappa shape index (κ2) is 8.79. The van der Waals surface area contributed by atoms with Crippen LogP contribution in [0.4, 0.5) is 13.2 Å². The van der Waals surface area contributed by atoms with Crippen LogP contribution < -0.4 is 11.0 Å². The largest absolute Gasteiger partial charge is 0.508 e. The quantitative estimate of drug-likeness (QED) is 0.486. The standard InChI is InChI=1S/C29H32F3N3O2/c1-28-12-10-23-22-9-7-21(36)14-18(22)4-8-24(23)27(28)19(15-26(28)37)11-13-35-16-25(33-34-35)17-2-5-20(6-3-17)29(30,31)32/h2-3,5-7,9,14,16,19,23-24,27,33-34,36H,4,8,10-13,15H2,1H3/t19-,23-,24?,27+,28-/m1/s1. The predicted molar refractivity (Wildman–Crippen MR) is 134 cm³/mol. The summed E-state index contributed by atoms with van der Waals surface area (Å²) >= 11 is 0. The summed E-state index contributed by atoms with van der Waals surface area (Å²) in [5, 5.41) is 11.9. The van der Waals surface area contributed by atoms with E-state index in [0.29, 0.717) is 59.4 Å². The van der Waals surface area contributed by atoms with E-state index in [9.17, 15) is 23.1 Å². The normalized spacial score (nSPS) is 30.9. The summed E-state index contributed by atoms with van der Waals surface area (Å²) in [6, 6.07) is 10.9. The van der Waals surface area contributed by atoms with E-state index in [1.807, 2.05) is 17.3 Å². The minimum atomic E-state index is -4.35. The number of phenolic OH excluding ortho intramolecular Hbond substituents is 1. The number of alkyl halides is 3. The molecule has 2 fully saturated rings. The van der Waals surface area contributed by atoms with Crippen LogP contribution in [-0.2, 0) is 17.4 Å². The molecule has 0 bridgehead atoms. The summed E-state index contributed by atoms with van der Waals surface area (Å²) in [5.41, 5.74) is 9.22. The first kappa shape index (κ1) is 24.3. The van der Waals surface area contributed by atoms with Crippen molar-refractivity contribution in [2.45, 2.75) is 57.5 Å². The molecule has 2 aromatic rings. The number of carbonyl (C=O) groups excluding carboxylic acids is 1. The van der Waals surface area contributed by atoms with Gasteiger partial charge in [-0.2, -0.15) is 13.2 Å². The third-order valence-electron chi connectivity index (χ3n) is 9.44. The summed E-state index contributed by atoms with van der Waals surface area (Å²) in [7, 11) is 0. The number of nitrogens with zero attached hydrogens (tertiary/aromatic N) is 1. The van der Waals surface area contributed by atoms with Crippen molar-refractivity contribution in [2.24, 2.45) is 23.2 Å². The number of rotatable bonds is 4. The van der Waals surface area contributed by atoms with Gasteiger partial charge < -0.3 is 10.5 Å². The van der Waals surface area contributed by atoms with Crippen molar-refractivity contribution >= 4 is 11.5 Å². The van der Waals surface area contributed by atoms with Crippen molar-refractivity contribution in [3.05, 3.63) is 70.9 Å². The third-order valence-corrected chi connectivity index (χ3v) is 9.44. The minimum absolute atomic E-state index is 0.266. The fraction of sp³-hybridized carbons (Fsp3) is 0.483. The number of hydrogen-bond acceptors (Lipinski definition) is 5. The molecule has 0 spiro atoms. The first-order chi connectivity index (χ1) is 17.6. The van der Waals surface area contributed by atoms with Crippen LogP contribution >= 0.6 is 0 Å². The number of fused-ring (bicyclic) bond motifs is 5. The monoisotopic (exact) mass is 511 g/mol. The van der Waals surface area contributed by atoms with E-state index >= 15 is 0 Å². The Morgan fingerprint density at radius 1 is 1.14 bits per heavy atom. The molecule has 1 unspecified atom stereocenters. The number of carbonyl (C=O) groups is 1. The molecule has 3 aliphatic carbocycles. The lowest BCUT2D eigenvalue weighted by atomic mass is 9.54. The Kier molecular flexibility index (Phi) is 5.78. The summed E-state index contributed by atoms with van der Waals surface area (Å²) in [6.45, 7) is 2.88. The van der Waals surface area contributed by atoms with E-state index in [4.69, 9.17) is 0 Å². The number of halogens is 3. The van der Waals surface area contributed by atoms with Gasteiger partial charge in [0, 0.05) is 30.1 Å². The highest BCUT2D eigenvalue weighted by molar-refractivity contribution is 5.87. The second-order valence-electron chi connectivity index (χ2n) is 11.4. The van der Waals surface area contributed by atoms with Crippen LogP contribution in [0.3, 0.4) is 0 Å². The van der Waals surface area contributed by atoms with Crippen LogP contribution in [0.5, 0.6) is 5.75 Å². The number of ketones is 1. The van der Waals surface area contributed by atoms with Crippen LogP contribution in [0.1, 0.15) is 67.2 Å². The molecule has 0 amide bonds. The van der Waals surface area contributed by atoms with Crippen LogP contribution in [0, 0.1) is 23.2 Å². The Morgan fingerprint density at radius 3 is 2.68 bits per heavy atom. The van der Waals surface area contributed by atoms with Crippen LogP contribution in [0.15, 0.2) is 48.7 Å². The van der Waals surface area contributed by atoms with Gasteiger partial charge in [0.15, 0.2) is 0 Å². The average molecular weight is 512 g/mol. The zero-order chi connectivity index (χ0) is 25.9. The number of nitrogens with one attached hydrogen (secondary N) is 2. The molecule has 3 N–H and O–H groups in total. The molecule has 0 radical (unpaired) electrons.